The van der Waals surface area contributed by atoms with Crippen molar-refractivity contribution in [3.05, 3.63) is 81.4 Å². The highest BCUT2D eigenvalue weighted by Crippen LogP contribution is 2.45. The van der Waals surface area contributed by atoms with Crippen molar-refractivity contribution in [1.29, 1.82) is 0 Å². The predicted molar refractivity (Wildman–Crippen MR) is 132 cm³/mol. The number of benzene rings is 3. The van der Waals surface area contributed by atoms with E-state index in [1.54, 1.807) is 11.1 Å². The lowest BCUT2D eigenvalue weighted by Crippen LogP contribution is -2.28. The second kappa shape index (κ2) is 6.71. The fraction of sp³-hybridized carbons (Fsp3) is 0.467. The Labute approximate surface area is 183 Å². The van der Waals surface area contributed by atoms with Crippen molar-refractivity contribution in [2.75, 3.05) is 0 Å². The zero-order chi connectivity index (χ0) is 22.1. The number of rotatable bonds is 0. The summed E-state index contributed by atoms with van der Waals surface area (Å²) in [6.07, 6.45) is 2.11. The molecule has 158 valence electrons. The number of hydrogen-bond acceptors (Lipinski definition) is 0. The molecule has 0 heteroatoms. The van der Waals surface area contributed by atoms with E-state index >= 15 is 0 Å². The van der Waals surface area contributed by atoms with Gasteiger partial charge in [-0.2, -0.15) is 0 Å². The van der Waals surface area contributed by atoms with Crippen LogP contribution in [0.25, 0.3) is 10.8 Å². The van der Waals surface area contributed by atoms with Crippen LogP contribution in [-0.2, 0) is 29.1 Å². The lowest BCUT2D eigenvalue weighted by molar-refractivity contribution is 0.501. The summed E-state index contributed by atoms with van der Waals surface area (Å²) >= 11 is 0. The molecule has 3 aromatic carbocycles. The summed E-state index contributed by atoms with van der Waals surface area (Å²) in [4.78, 5) is 0. The fourth-order valence-corrected chi connectivity index (χ4v) is 5.33. The number of hydrogen-bond donors (Lipinski definition) is 0. The summed E-state index contributed by atoms with van der Waals surface area (Å²) < 4.78 is 0. The zero-order valence-corrected chi connectivity index (χ0v) is 20.5. The summed E-state index contributed by atoms with van der Waals surface area (Å²) in [6.45, 7) is 21.4. The van der Waals surface area contributed by atoms with Gasteiger partial charge in [0.1, 0.15) is 0 Å². The summed E-state index contributed by atoms with van der Waals surface area (Å²) in [5, 5.41) is 2.87. The van der Waals surface area contributed by atoms with Gasteiger partial charge in [-0.25, -0.2) is 0 Å². The molecule has 0 radical (unpaired) electrons. The third kappa shape index (κ3) is 3.59. The molecule has 0 nitrogen and oxygen atoms in total. The van der Waals surface area contributed by atoms with E-state index in [1.165, 1.54) is 38.6 Å². The van der Waals surface area contributed by atoms with Crippen molar-refractivity contribution in [2.45, 2.75) is 91.4 Å². The van der Waals surface area contributed by atoms with Gasteiger partial charge in [-0.05, 0) is 78.8 Å². The molecule has 0 unspecified atom stereocenters. The first-order chi connectivity index (χ1) is 13.8. The largest absolute Gasteiger partial charge is 0.0620 e. The molecule has 0 spiro atoms. The van der Waals surface area contributed by atoms with E-state index in [0.717, 1.165) is 12.8 Å². The van der Waals surface area contributed by atoms with Crippen LogP contribution in [0, 0.1) is 0 Å². The predicted octanol–water partition coefficient (Wildman–Crippen LogP) is 8.23. The Morgan fingerprint density at radius 3 is 1.50 bits per heavy atom. The minimum Gasteiger partial charge on any atom is -0.0620 e. The lowest BCUT2D eigenvalue weighted by Gasteiger charge is -2.38. The quantitative estimate of drug-likeness (QED) is 0.280. The van der Waals surface area contributed by atoms with Gasteiger partial charge in [-0.15, -0.1) is 0 Å². The Morgan fingerprint density at radius 1 is 0.533 bits per heavy atom. The molecule has 0 fully saturated rings. The van der Waals surface area contributed by atoms with Crippen molar-refractivity contribution in [1.82, 2.24) is 0 Å². The molecule has 0 saturated heterocycles. The van der Waals surface area contributed by atoms with Gasteiger partial charge in [0, 0.05) is 0 Å². The molecule has 0 heterocycles. The third-order valence-corrected chi connectivity index (χ3v) is 6.65. The summed E-state index contributed by atoms with van der Waals surface area (Å²) in [5.41, 5.74) is 10.9. The van der Waals surface area contributed by atoms with Crippen LogP contribution in [0.2, 0.25) is 0 Å². The molecule has 1 aliphatic rings. The van der Waals surface area contributed by atoms with E-state index in [2.05, 4.69) is 105 Å². The molecular weight excluding hydrogens is 360 g/mol. The maximum absolute atomic E-state index is 2.53. The molecule has 30 heavy (non-hydrogen) atoms. The highest BCUT2D eigenvalue weighted by atomic mass is 14.4. The van der Waals surface area contributed by atoms with Crippen molar-refractivity contribution < 1.29 is 0 Å². The van der Waals surface area contributed by atoms with Gasteiger partial charge in [0.2, 0.25) is 0 Å². The van der Waals surface area contributed by atoms with Crippen LogP contribution in [0.4, 0.5) is 0 Å². The minimum absolute atomic E-state index is 0.0862. The zero-order valence-electron chi connectivity index (χ0n) is 20.5. The standard InChI is InChI=1S/C30H38/c1-28(2,3)25-18-23-16-21-14-19-12-10-11-13-20(19)15-22(21)17-24(23)26(29(4,5)6)27(25)30(7,8)9/h10-13,16-18H,14-15H2,1-9H3. The normalized spacial score (nSPS) is 14.6. The third-order valence-electron chi connectivity index (χ3n) is 6.65. The van der Waals surface area contributed by atoms with Gasteiger partial charge in [-0.1, -0.05) is 105 Å². The molecular formula is C30H38. The molecule has 0 amide bonds. The first-order valence-corrected chi connectivity index (χ1v) is 11.5. The average molecular weight is 399 g/mol. The molecule has 0 bridgehead atoms. The Balaban J connectivity index is 2.09. The van der Waals surface area contributed by atoms with E-state index in [1.807, 2.05) is 0 Å². The molecule has 0 atom stereocenters. The highest BCUT2D eigenvalue weighted by Gasteiger charge is 2.33. The summed E-state index contributed by atoms with van der Waals surface area (Å²) in [6, 6.07) is 16.5. The van der Waals surface area contributed by atoms with Gasteiger partial charge in [-0.3, -0.25) is 0 Å². The molecule has 4 rings (SSSR count). The maximum Gasteiger partial charge on any atom is -0.00198 e. The van der Waals surface area contributed by atoms with Crippen LogP contribution >= 0.6 is 0 Å². The summed E-state index contributed by atoms with van der Waals surface area (Å²) in [5.74, 6) is 0. The fourth-order valence-electron chi connectivity index (χ4n) is 5.33. The topological polar surface area (TPSA) is 0 Å². The first-order valence-electron chi connectivity index (χ1n) is 11.5. The molecule has 0 aliphatic heterocycles. The Kier molecular flexibility index (Phi) is 4.73. The van der Waals surface area contributed by atoms with Gasteiger partial charge in [0.05, 0.1) is 0 Å². The van der Waals surface area contributed by atoms with Crippen LogP contribution in [0.3, 0.4) is 0 Å². The van der Waals surface area contributed by atoms with Crippen molar-refractivity contribution in [3.8, 4) is 0 Å². The highest BCUT2D eigenvalue weighted by molar-refractivity contribution is 5.91. The Hall–Kier alpha value is -2.08. The molecule has 0 aromatic heterocycles. The second-order valence-electron chi connectivity index (χ2n) is 12.4. The van der Waals surface area contributed by atoms with E-state index < -0.39 is 0 Å². The van der Waals surface area contributed by atoms with Crippen LogP contribution in [0.1, 0.15) is 101 Å². The second-order valence-corrected chi connectivity index (χ2v) is 12.4. The lowest BCUT2D eigenvalue weighted by atomic mass is 9.66. The molecule has 0 saturated carbocycles. The van der Waals surface area contributed by atoms with Crippen molar-refractivity contribution in [2.24, 2.45) is 0 Å². The SMILES string of the molecule is CC(C)(C)c1cc2cc3c(cc2c(C(C)(C)C)c1C(C)(C)C)Cc1ccccc1C3. The van der Waals surface area contributed by atoms with Gasteiger partial charge < -0.3 is 0 Å². The van der Waals surface area contributed by atoms with E-state index in [0.29, 0.717) is 0 Å². The first kappa shape index (κ1) is 21.2. The number of fused-ring (bicyclic) bond motifs is 3. The van der Waals surface area contributed by atoms with Gasteiger partial charge in [0.15, 0.2) is 0 Å². The van der Waals surface area contributed by atoms with E-state index in [-0.39, 0.29) is 16.2 Å². The van der Waals surface area contributed by atoms with Crippen molar-refractivity contribution >= 4 is 10.8 Å². The monoisotopic (exact) mass is 398 g/mol. The van der Waals surface area contributed by atoms with Crippen molar-refractivity contribution in [3.63, 3.8) is 0 Å². The Morgan fingerprint density at radius 2 is 1.03 bits per heavy atom. The average Bonchev–Trinajstić information content (AvgIpc) is 2.60. The smallest absolute Gasteiger partial charge is 0.00198 e. The Bertz CT molecular complexity index is 1120. The van der Waals surface area contributed by atoms with Gasteiger partial charge >= 0.3 is 0 Å². The van der Waals surface area contributed by atoms with E-state index in [4.69, 9.17) is 0 Å². The summed E-state index contributed by atoms with van der Waals surface area (Å²) in [7, 11) is 0. The minimum atomic E-state index is 0.0862. The van der Waals surface area contributed by atoms with Crippen LogP contribution in [0.15, 0.2) is 42.5 Å². The maximum atomic E-state index is 2.53. The van der Waals surface area contributed by atoms with Crippen LogP contribution in [0.5, 0.6) is 0 Å². The molecule has 3 aromatic rings. The van der Waals surface area contributed by atoms with E-state index in [9.17, 15) is 0 Å². The molecule has 1 aliphatic carbocycles. The van der Waals surface area contributed by atoms with Crippen LogP contribution in [-0.4, -0.2) is 0 Å². The van der Waals surface area contributed by atoms with Gasteiger partial charge in [0.25, 0.3) is 0 Å². The molecule has 0 N–H and O–H groups in total. The van der Waals surface area contributed by atoms with Crippen LogP contribution < -0.4 is 0 Å².